The molecular weight excluding hydrogens is 160 g/mol. The van der Waals surface area contributed by atoms with E-state index < -0.39 is 0 Å². The zero-order valence-corrected chi connectivity index (χ0v) is 8.55. The Kier molecular flexibility index (Phi) is 3.01. The van der Waals surface area contributed by atoms with E-state index in [4.69, 9.17) is 0 Å². The molecule has 1 saturated heterocycles. The molecule has 0 unspecified atom stereocenters. The first kappa shape index (κ1) is 9.22. The molecule has 2 aliphatic heterocycles. The molecule has 2 heteroatoms. The van der Waals surface area contributed by atoms with Crippen LogP contribution >= 0.6 is 0 Å². The van der Waals surface area contributed by atoms with Gasteiger partial charge in [0.05, 0.1) is 0 Å². The van der Waals surface area contributed by atoms with Crippen LogP contribution in [0.1, 0.15) is 19.8 Å². The zero-order valence-electron chi connectivity index (χ0n) is 8.55. The van der Waals surface area contributed by atoms with Gasteiger partial charge in [0.1, 0.15) is 0 Å². The summed E-state index contributed by atoms with van der Waals surface area (Å²) in [6.07, 6.45) is 4.98. The van der Waals surface area contributed by atoms with Gasteiger partial charge in [-0.05, 0) is 18.9 Å². The molecule has 0 aromatic rings. The molecule has 2 aliphatic rings. The average molecular weight is 180 g/mol. The highest BCUT2D eigenvalue weighted by molar-refractivity contribution is 5.09. The molecule has 0 aromatic carbocycles. The van der Waals surface area contributed by atoms with Gasteiger partial charge in [0.15, 0.2) is 0 Å². The minimum atomic E-state index is 0.988. The van der Waals surface area contributed by atoms with Crippen molar-refractivity contribution in [3.63, 3.8) is 0 Å². The normalized spacial score (nSPS) is 25.5. The average Bonchev–Trinajstić information content (AvgIpc) is 2.12. The van der Waals surface area contributed by atoms with Crippen LogP contribution in [0.15, 0.2) is 11.6 Å². The molecule has 0 bridgehead atoms. The smallest absolute Gasteiger partial charge is 0.0194 e. The van der Waals surface area contributed by atoms with Gasteiger partial charge in [0.2, 0.25) is 0 Å². The van der Waals surface area contributed by atoms with Crippen molar-refractivity contribution in [2.24, 2.45) is 5.92 Å². The van der Waals surface area contributed by atoms with Crippen LogP contribution in [0.2, 0.25) is 0 Å². The van der Waals surface area contributed by atoms with Crippen molar-refractivity contribution in [2.45, 2.75) is 19.8 Å². The number of nitrogens with zero attached hydrogens (tertiary/aromatic N) is 1. The van der Waals surface area contributed by atoms with Crippen molar-refractivity contribution < 1.29 is 0 Å². The highest BCUT2D eigenvalue weighted by Gasteiger charge is 2.25. The minimum Gasteiger partial charge on any atom is -0.313 e. The van der Waals surface area contributed by atoms with Crippen LogP contribution in [-0.2, 0) is 0 Å². The Morgan fingerprint density at radius 1 is 1.54 bits per heavy atom. The summed E-state index contributed by atoms with van der Waals surface area (Å²) in [5, 5.41) is 3.35. The minimum absolute atomic E-state index is 0.988. The predicted molar refractivity (Wildman–Crippen MR) is 55.8 cm³/mol. The number of rotatable bonds is 3. The summed E-state index contributed by atoms with van der Waals surface area (Å²) in [7, 11) is 0. The summed E-state index contributed by atoms with van der Waals surface area (Å²) in [6.45, 7) is 8.46. The van der Waals surface area contributed by atoms with E-state index in [1.807, 2.05) is 0 Å². The molecule has 2 heterocycles. The van der Waals surface area contributed by atoms with Crippen molar-refractivity contribution in [2.75, 3.05) is 32.7 Å². The third-order valence-corrected chi connectivity index (χ3v) is 3.19. The third-order valence-electron chi connectivity index (χ3n) is 3.19. The lowest BCUT2D eigenvalue weighted by Crippen LogP contribution is -2.47. The van der Waals surface area contributed by atoms with E-state index in [0.717, 1.165) is 12.5 Å². The fourth-order valence-corrected chi connectivity index (χ4v) is 2.16. The lowest BCUT2D eigenvalue weighted by Gasteiger charge is -2.39. The summed E-state index contributed by atoms with van der Waals surface area (Å²) in [4.78, 5) is 2.57. The van der Waals surface area contributed by atoms with Gasteiger partial charge < -0.3 is 5.32 Å². The van der Waals surface area contributed by atoms with Gasteiger partial charge in [-0.1, -0.05) is 25.0 Å². The molecule has 2 rings (SSSR count). The number of nitrogens with one attached hydrogen (secondary N) is 1. The maximum atomic E-state index is 3.35. The molecule has 0 amide bonds. The van der Waals surface area contributed by atoms with E-state index in [1.165, 1.54) is 39.0 Å². The van der Waals surface area contributed by atoms with Gasteiger partial charge >= 0.3 is 0 Å². The molecule has 0 spiro atoms. The van der Waals surface area contributed by atoms with Gasteiger partial charge in [-0.15, -0.1) is 0 Å². The van der Waals surface area contributed by atoms with Crippen molar-refractivity contribution in [3.8, 4) is 0 Å². The van der Waals surface area contributed by atoms with Crippen molar-refractivity contribution in [3.05, 3.63) is 11.6 Å². The van der Waals surface area contributed by atoms with E-state index >= 15 is 0 Å². The molecule has 74 valence electrons. The largest absolute Gasteiger partial charge is 0.313 e. The molecule has 0 saturated carbocycles. The molecule has 1 N–H and O–H groups in total. The standard InChI is InChI=1S/C11H20N2/c1-2-10-7-13(8-10)9-11-3-5-12-6-4-11/h3,10,12H,2,4-9H2,1H3. The third kappa shape index (κ3) is 2.32. The van der Waals surface area contributed by atoms with E-state index in [0.29, 0.717) is 0 Å². The molecular formula is C11H20N2. The maximum absolute atomic E-state index is 3.35. The monoisotopic (exact) mass is 180 g/mol. The van der Waals surface area contributed by atoms with E-state index in [-0.39, 0.29) is 0 Å². The summed E-state index contributed by atoms with van der Waals surface area (Å²) >= 11 is 0. The lowest BCUT2D eigenvalue weighted by molar-refractivity contribution is 0.108. The summed E-state index contributed by atoms with van der Waals surface area (Å²) in [5.74, 6) is 0.988. The van der Waals surface area contributed by atoms with Crippen LogP contribution in [0.5, 0.6) is 0 Å². The van der Waals surface area contributed by atoms with Gasteiger partial charge in [0, 0.05) is 26.2 Å². The molecule has 0 aliphatic carbocycles. The van der Waals surface area contributed by atoms with E-state index in [2.05, 4.69) is 23.2 Å². The molecule has 0 aromatic heterocycles. The van der Waals surface area contributed by atoms with Crippen LogP contribution in [-0.4, -0.2) is 37.6 Å². The molecule has 13 heavy (non-hydrogen) atoms. The van der Waals surface area contributed by atoms with Crippen molar-refractivity contribution in [1.29, 1.82) is 0 Å². The second-order valence-corrected chi connectivity index (χ2v) is 4.28. The molecule has 1 fully saturated rings. The Morgan fingerprint density at radius 3 is 3.00 bits per heavy atom. The van der Waals surface area contributed by atoms with Crippen LogP contribution in [0.4, 0.5) is 0 Å². The quantitative estimate of drug-likeness (QED) is 0.658. The lowest BCUT2D eigenvalue weighted by atomic mass is 9.96. The van der Waals surface area contributed by atoms with Crippen LogP contribution in [0.25, 0.3) is 0 Å². The van der Waals surface area contributed by atoms with Gasteiger partial charge in [-0.25, -0.2) is 0 Å². The van der Waals surface area contributed by atoms with Crippen LogP contribution in [0.3, 0.4) is 0 Å². The maximum Gasteiger partial charge on any atom is 0.0194 e. The second-order valence-electron chi connectivity index (χ2n) is 4.28. The Balaban J connectivity index is 1.70. The number of hydrogen-bond acceptors (Lipinski definition) is 2. The zero-order chi connectivity index (χ0) is 9.10. The first-order valence-electron chi connectivity index (χ1n) is 5.49. The first-order valence-corrected chi connectivity index (χ1v) is 5.49. The van der Waals surface area contributed by atoms with Gasteiger partial charge in [0.25, 0.3) is 0 Å². The van der Waals surface area contributed by atoms with Crippen molar-refractivity contribution >= 4 is 0 Å². The second kappa shape index (κ2) is 4.25. The number of likely N-dealkylation sites (tertiary alicyclic amines) is 1. The number of hydrogen-bond donors (Lipinski definition) is 1. The van der Waals surface area contributed by atoms with Crippen LogP contribution < -0.4 is 5.32 Å². The van der Waals surface area contributed by atoms with E-state index in [1.54, 1.807) is 5.57 Å². The topological polar surface area (TPSA) is 15.3 Å². The Labute approximate surface area is 81.0 Å². The van der Waals surface area contributed by atoms with Gasteiger partial charge in [-0.2, -0.15) is 0 Å². The molecule has 0 radical (unpaired) electrons. The Morgan fingerprint density at radius 2 is 2.38 bits per heavy atom. The fraction of sp³-hybridized carbons (Fsp3) is 0.818. The SMILES string of the molecule is CCC1CN(CC2=CCNCC2)C1. The highest BCUT2D eigenvalue weighted by atomic mass is 15.2. The van der Waals surface area contributed by atoms with Crippen LogP contribution in [0, 0.1) is 5.92 Å². The molecule has 0 atom stereocenters. The molecule has 2 nitrogen and oxygen atoms in total. The Hall–Kier alpha value is -0.340. The fourth-order valence-electron chi connectivity index (χ4n) is 2.16. The highest BCUT2D eigenvalue weighted by Crippen LogP contribution is 2.20. The summed E-state index contributed by atoms with van der Waals surface area (Å²) < 4.78 is 0. The first-order chi connectivity index (χ1) is 6.38. The Bertz CT molecular complexity index is 192. The van der Waals surface area contributed by atoms with Gasteiger partial charge in [-0.3, -0.25) is 4.90 Å². The van der Waals surface area contributed by atoms with Crippen molar-refractivity contribution in [1.82, 2.24) is 10.2 Å². The summed E-state index contributed by atoms with van der Waals surface area (Å²) in [6, 6.07) is 0. The summed E-state index contributed by atoms with van der Waals surface area (Å²) in [5.41, 5.74) is 1.65. The predicted octanol–water partition coefficient (Wildman–Crippen LogP) is 1.25. The van der Waals surface area contributed by atoms with E-state index in [9.17, 15) is 0 Å².